The molecule has 4 heteroatoms. The Hall–Kier alpha value is -1.10. The summed E-state index contributed by atoms with van der Waals surface area (Å²) in [6, 6.07) is 0. The highest BCUT2D eigenvalue weighted by molar-refractivity contribution is 5.36. The molecule has 1 unspecified atom stereocenters. The monoisotopic (exact) mass is 168 g/mol. The highest BCUT2D eigenvalue weighted by Crippen LogP contribution is 2.15. The zero-order chi connectivity index (χ0) is 9.14. The summed E-state index contributed by atoms with van der Waals surface area (Å²) < 4.78 is 0. The average molecular weight is 168 g/mol. The summed E-state index contributed by atoms with van der Waals surface area (Å²) in [5.41, 5.74) is 7.53. The van der Waals surface area contributed by atoms with Gasteiger partial charge in [-0.3, -0.25) is 0 Å². The quantitative estimate of drug-likeness (QED) is 0.552. The van der Waals surface area contributed by atoms with Gasteiger partial charge in [-0.05, 0) is 11.6 Å². The molecule has 1 aliphatic rings. The minimum absolute atomic E-state index is 0.320. The first kappa shape index (κ1) is 8.99. The third-order valence-corrected chi connectivity index (χ3v) is 1.72. The number of hydrogen-bond acceptors (Lipinski definition) is 3. The van der Waals surface area contributed by atoms with Gasteiger partial charge in [0.2, 0.25) is 0 Å². The predicted octanol–water partition coefficient (Wildman–Crippen LogP) is -0.383. The van der Waals surface area contributed by atoms with Crippen molar-refractivity contribution in [1.82, 2.24) is 0 Å². The zero-order valence-electron chi connectivity index (χ0n) is 6.96. The van der Waals surface area contributed by atoms with E-state index in [-0.39, 0.29) is 5.23 Å². The van der Waals surface area contributed by atoms with Crippen LogP contribution < -0.4 is 11.0 Å². The first-order chi connectivity index (χ1) is 5.65. The summed E-state index contributed by atoms with van der Waals surface area (Å²) in [4.78, 5) is 4.55. The molecule has 66 valence electrons. The third-order valence-electron chi connectivity index (χ3n) is 1.72. The maximum atomic E-state index is 11.0. The average Bonchev–Trinajstić information content (AvgIpc) is 2.08. The number of quaternary nitrogens is 1. The van der Waals surface area contributed by atoms with Crippen LogP contribution in [0.3, 0.4) is 0 Å². The molecule has 4 nitrogen and oxygen atoms in total. The predicted molar refractivity (Wildman–Crippen MR) is 45.4 cm³/mol. The minimum Gasteiger partial charge on any atom is -0.595 e. The molecule has 0 fully saturated rings. The van der Waals surface area contributed by atoms with Gasteiger partial charge < -0.3 is 10.9 Å². The number of hydroxylamine groups is 2. The van der Waals surface area contributed by atoms with E-state index in [4.69, 9.17) is 5.73 Å². The molecular formula is C8H12N2O2. The number of rotatable bonds is 2. The molecule has 0 saturated carbocycles. The fourth-order valence-corrected chi connectivity index (χ4v) is 0.970. The second kappa shape index (κ2) is 3.53. The van der Waals surface area contributed by atoms with E-state index in [1.54, 1.807) is 12.2 Å². The van der Waals surface area contributed by atoms with Crippen molar-refractivity contribution in [1.29, 1.82) is 0 Å². The largest absolute Gasteiger partial charge is 0.595 e. The van der Waals surface area contributed by atoms with Crippen molar-refractivity contribution < 1.29 is 10.1 Å². The van der Waals surface area contributed by atoms with Gasteiger partial charge in [-0.25, -0.2) is 4.84 Å². The van der Waals surface area contributed by atoms with E-state index in [0.717, 1.165) is 5.57 Å². The van der Waals surface area contributed by atoms with Gasteiger partial charge in [0.1, 0.15) is 5.70 Å². The standard InChI is InChI=1S/C8H12N2O2/c1-6-5-7(10(11)12-2)3-4-8(6)9/h3-4,10H,1,5,9H2,2H3. The molecular weight excluding hydrogens is 156 g/mol. The molecule has 0 spiro atoms. The second-order valence-electron chi connectivity index (χ2n) is 2.59. The van der Waals surface area contributed by atoms with Gasteiger partial charge >= 0.3 is 0 Å². The Labute approximate surface area is 71.1 Å². The van der Waals surface area contributed by atoms with Crippen molar-refractivity contribution in [3.63, 3.8) is 0 Å². The molecule has 1 atom stereocenters. The van der Waals surface area contributed by atoms with Gasteiger partial charge in [0.05, 0.1) is 13.5 Å². The van der Waals surface area contributed by atoms with Crippen LogP contribution >= 0.6 is 0 Å². The van der Waals surface area contributed by atoms with Crippen molar-refractivity contribution in [3.05, 3.63) is 40.9 Å². The first-order valence-corrected chi connectivity index (χ1v) is 3.58. The molecule has 12 heavy (non-hydrogen) atoms. The molecule has 0 radical (unpaired) electrons. The normalized spacial score (nSPS) is 20.0. The molecule has 1 aliphatic carbocycles. The van der Waals surface area contributed by atoms with Crippen LogP contribution in [0.5, 0.6) is 0 Å². The second-order valence-corrected chi connectivity index (χ2v) is 2.59. The summed E-state index contributed by atoms with van der Waals surface area (Å²) in [5, 5.41) is 10.7. The van der Waals surface area contributed by atoms with Gasteiger partial charge in [-0.15, -0.1) is 0 Å². The lowest BCUT2D eigenvalue weighted by molar-refractivity contribution is -1.02. The van der Waals surface area contributed by atoms with Crippen LogP contribution in [0.2, 0.25) is 0 Å². The van der Waals surface area contributed by atoms with Crippen molar-refractivity contribution >= 4 is 0 Å². The van der Waals surface area contributed by atoms with Crippen molar-refractivity contribution in [2.24, 2.45) is 5.73 Å². The molecule has 0 aromatic heterocycles. The van der Waals surface area contributed by atoms with Crippen LogP contribution in [0, 0.1) is 5.21 Å². The van der Waals surface area contributed by atoms with Crippen LogP contribution in [0.4, 0.5) is 0 Å². The van der Waals surface area contributed by atoms with E-state index in [0.29, 0.717) is 17.8 Å². The van der Waals surface area contributed by atoms with Gasteiger partial charge in [-0.2, -0.15) is 5.23 Å². The van der Waals surface area contributed by atoms with Gasteiger partial charge in [0.15, 0.2) is 0 Å². The van der Waals surface area contributed by atoms with E-state index < -0.39 is 0 Å². The molecule has 0 aromatic carbocycles. The third kappa shape index (κ3) is 1.73. The zero-order valence-corrected chi connectivity index (χ0v) is 6.96. The summed E-state index contributed by atoms with van der Waals surface area (Å²) in [6.07, 6.45) is 3.81. The van der Waals surface area contributed by atoms with E-state index in [1.165, 1.54) is 7.11 Å². The van der Waals surface area contributed by atoms with Crippen LogP contribution in [-0.4, -0.2) is 7.11 Å². The van der Waals surface area contributed by atoms with Crippen LogP contribution in [0.1, 0.15) is 6.42 Å². The molecule has 0 aliphatic heterocycles. The summed E-state index contributed by atoms with van der Waals surface area (Å²) in [5.74, 6) is 0. The number of hydrogen-bond donors (Lipinski definition) is 2. The Morgan fingerprint density at radius 1 is 1.67 bits per heavy atom. The maximum absolute atomic E-state index is 11.0. The molecule has 0 saturated heterocycles. The molecule has 0 amide bonds. The lowest BCUT2D eigenvalue weighted by atomic mass is 10.0. The van der Waals surface area contributed by atoms with Gasteiger partial charge in [0.25, 0.3) is 0 Å². The number of allylic oxidation sites excluding steroid dienone is 4. The van der Waals surface area contributed by atoms with Crippen LogP contribution in [-0.2, 0) is 4.84 Å². The molecule has 0 heterocycles. The first-order valence-electron chi connectivity index (χ1n) is 3.58. The Morgan fingerprint density at radius 3 is 2.83 bits per heavy atom. The van der Waals surface area contributed by atoms with Gasteiger partial charge in [0, 0.05) is 11.8 Å². The highest BCUT2D eigenvalue weighted by atomic mass is 16.9. The fraction of sp³-hybridized carbons (Fsp3) is 0.250. The lowest BCUT2D eigenvalue weighted by Crippen LogP contribution is -3.03. The lowest BCUT2D eigenvalue weighted by Gasteiger charge is -2.22. The van der Waals surface area contributed by atoms with Crippen LogP contribution in [0.25, 0.3) is 0 Å². The fourth-order valence-electron chi connectivity index (χ4n) is 0.970. The summed E-state index contributed by atoms with van der Waals surface area (Å²) in [7, 11) is 1.35. The van der Waals surface area contributed by atoms with Crippen molar-refractivity contribution in [2.75, 3.05) is 7.11 Å². The molecule has 3 N–H and O–H groups in total. The minimum atomic E-state index is -0.320. The van der Waals surface area contributed by atoms with Crippen molar-refractivity contribution in [3.8, 4) is 0 Å². The van der Waals surface area contributed by atoms with Crippen molar-refractivity contribution in [2.45, 2.75) is 6.42 Å². The molecule has 0 bridgehead atoms. The Bertz CT molecular complexity index is 256. The topological polar surface area (TPSA) is 62.8 Å². The van der Waals surface area contributed by atoms with E-state index in [2.05, 4.69) is 11.4 Å². The number of nitrogens with one attached hydrogen (secondary N) is 1. The Balaban J connectivity index is 2.76. The van der Waals surface area contributed by atoms with E-state index >= 15 is 0 Å². The van der Waals surface area contributed by atoms with E-state index in [1.807, 2.05) is 0 Å². The Morgan fingerprint density at radius 2 is 2.33 bits per heavy atom. The smallest absolute Gasteiger partial charge is 0.144 e. The maximum Gasteiger partial charge on any atom is 0.144 e. The Kier molecular flexibility index (Phi) is 2.65. The number of nitrogens with two attached hydrogens (primary N) is 1. The molecule has 1 rings (SSSR count). The van der Waals surface area contributed by atoms with Gasteiger partial charge in [-0.1, -0.05) is 6.58 Å². The summed E-state index contributed by atoms with van der Waals surface area (Å²) >= 11 is 0. The SMILES string of the molecule is C=C1CC([NH+]([O-])OC)=CC=C1N. The highest BCUT2D eigenvalue weighted by Gasteiger charge is 2.13. The van der Waals surface area contributed by atoms with Crippen LogP contribution in [0.15, 0.2) is 35.7 Å². The van der Waals surface area contributed by atoms with E-state index in [9.17, 15) is 5.21 Å². The summed E-state index contributed by atoms with van der Waals surface area (Å²) in [6.45, 7) is 3.72. The molecule has 0 aromatic rings.